The summed E-state index contributed by atoms with van der Waals surface area (Å²) in [6, 6.07) is 3.22. The lowest BCUT2D eigenvalue weighted by Crippen LogP contribution is -2.01. The summed E-state index contributed by atoms with van der Waals surface area (Å²) in [5, 5.41) is 23.6. The SMILES string of the molecule is O=NC(=O)CCCCOc1ccc([N+](=O)[O-])c([N+](=O)[O-])c1. The van der Waals surface area contributed by atoms with E-state index in [0.717, 1.165) is 12.1 Å². The molecule has 0 saturated carbocycles. The third-order valence-electron chi connectivity index (χ3n) is 2.50. The predicted octanol–water partition coefficient (Wildman–Crippen LogP) is 2.35. The van der Waals surface area contributed by atoms with E-state index in [-0.39, 0.29) is 18.8 Å². The number of nitrogens with zero attached hydrogens (tertiary/aromatic N) is 3. The van der Waals surface area contributed by atoms with Gasteiger partial charge in [0.15, 0.2) is 0 Å². The first-order chi connectivity index (χ1) is 9.95. The highest BCUT2D eigenvalue weighted by Crippen LogP contribution is 2.30. The van der Waals surface area contributed by atoms with Crippen LogP contribution in [0.4, 0.5) is 11.4 Å². The fourth-order valence-corrected chi connectivity index (χ4v) is 1.51. The Morgan fingerprint density at radius 3 is 2.38 bits per heavy atom. The van der Waals surface area contributed by atoms with Crippen molar-refractivity contribution in [2.75, 3.05) is 6.61 Å². The summed E-state index contributed by atoms with van der Waals surface area (Å²) in [6.07, 6.45) is 0.832. The zero-order chi connectivity index (χ0) is 15.8. The van der Waals surface area contributed by atoms with Crippen LogP contribution in [0.2, 0.25) is 0 Å². The molecule has 0 bridgehead atoms. The van der Waals surface area contributed by atoms with Crippen LogP contribution >= 0.6 is 0 Å². The quantitative estimate of drug-likeness (QED) is 0.310. The molecule has 0 aromatic heterocycles. The Morgan fingerprint density at radius 1 is 1.14 bits per heavy atom. The molecule has 0 heterocycles. The molecule has 112 valence electrons. The number of ether oxygens (including phenoxy) is 1. The lowest BCUT2D eigenvalue weighted by Gasteiger charge is -2.05. The van der Waals surface area contributed by atoms with E-state index in [2.05, 4.69) is 5.18 Å². The van der Waals surface area contributed by atoms with Crippen molar-refractivity contribution < 1.29 is 19.4 Å². The normalized spacial score (nSPS) is 9.90. The van der Waals surface area contributed by atoms with Crippen molar-refractivity contribution in [3.05, 3.63) is 43.3 Å². The summed E-state index contributed by atoms with van der Waals surface area (Å²) >= 11 is 0. The largest absolute Gasteiger partial charge is 0.493 e. The maximum atomic E-state index is 10.7. The minimum absolute atomic E-state index is 0.00721. The van der Waals surface area contributed by atoms with E-state index in [9.17, 15) is 29.9 Å². The molecule has 1 amide bonds. The average molecular weight is 297 g/mol. The number of amides is 1. The van der Waals surface area contributed by atoms with E-state index in [1.165, 1.54) is 6.07 Å². The summed E-state index contributed by atoms with van der Waals surface area (Å²) in [4.78, 5) is 40.1. The van der Waals surface area contributed by atoms with Crippen LogP contribution < -0.4 is 4.74 Å². The van der Waals surface area contributed by atoms with Crippen molar-refractivity contribution in [2.24, 2.45) is 5.18 Å². The van der Waals surface area contributed by atoms with Gasteiger partial charge in [0.25, 0.3) is 5.91 Å². The number of carbonyl (C=O) groups excluding carboxylic acids is 1. The number of benzene rings is 1. The third kappa shape index (κ3) is 4.93. The summed E-state index contributed by atoms with van der Waals surface area (Å²) in [7, 11) is 0. The third-order valence-corrected chi connectivity index (χ3v) is 2.50. The molecule has 0 radical (unpaired) electrons. The van der Waals surface area contributed by atoms with Gasteiger partial charge in [0.1, 0.15) is 5.75 Å². The Labute approximate surface area is 118 Å². The molecule has 1 rings (SSSR count). The van der Waals surface area contributed by atoms with E-state index in [1.807, 2.05) is 0 Å². The number of carbonyl (C=O) groups is 1. The van der Waals surface area contributed by atoms with Crippen LogP contribution in [0.15, 0.2) is 23.4 Å². The Morgan fingerprint density at radius 2 is 1.81 bits per heavy atom. The Kier molecular flexibility index (Phi) is 5.86. The molecule has 0 aliphatic carbocycles. The molecular formula is C11H11N3O7. The van der Waals surface area contributed by atoms with Crippen LogP contribution in [0.1, 0.15) is 19.3 Å². The summed E-state index contributed by atoms with van der Waals surface area (Å²) in [5.41, 5.74) is -1.27. The van der Waals surface area contributed by atoms with Gasteiger partial charge in [0.2, 0.25) is 0 Å². The first-order valence-electron chi connectivity index (χ1n) is 5.87. The molecule has 0 fully saturated rings. The second kappa shape index (κ2) is 7.62. The lowest BCUT2D eigenvalue weighted by molar-refractivity contribution is -0.422. The average Bonchev–Trinajstić information content (AvgIpc) is 2.46. The predicted molar refractivity (Wildman–Crippen MR) is 69.9 cm³/mol. The van der Waals surface area contributed by atoms with Gasteiger partial charge in [-0.3, -0.25) is 25.0 Å². The van der Waals surface area contributed by atoms with Crippen molar-refractivity contribution >= 4 is 17.3 Å². The molecule has 0 saturated heterocycles. The standard InChI is InChI=1S/C11H11N3O7/c15-11(12-16)3-1-2-6-21-8-4-5-9(13(17)18)10(7-8)14(19)20/h4-5,7H,1-3,6H2. The van der Waals surface area contributed by atoms with Crippen LogP contribution in [0.3, 0.4) is 0 Å². The molecule has 0 unspecified atom stereocenters. The number of unbranched alkanes of at least 4 members (excludes halogenated alkanes) is 1. The first kappa shape index (κ1) is 16.1. The van der Waals surface area contributed by atoms with Crippen LogP contribution in [-0.2, 0) is 4.79 Å². The molecule has 0 atom stereocenters. The summed E-state index contributed by atoms with van der Waals surface area (Å²) in [5.74, 6) is -0.631. The van der Waals surface area contributed by atoms with Gasteiger partial charge in [-0.1, -0.05) is 0 Å². The van der Waals surface area contributed by atoms with Gasteiger partial charge < -0.3 is 4.74 Å². The van der Waals surface area contributed by atoms with Crippen molar-refractivity contribution in [3.63, 3.8) is 0 Å². The molecule has 0 N–H and O–H groups in total. The number of hydrogen-bond donors (Lipinski definition) is 0. The maximum absolute atomic E-state index is 10.7. The van der Waals surface area contributed by atoms with E-state index in [4.69, 9.17) is 4.74 Å². The van der Waals surface area contributed by atoms with Crippen LogP contribution in [0, 0.1) is 25.1 Å². The lowest BCUT2D eigenvalue weighted by atomic mass is 10.2. The summed E-state index contributed by atoms with van der Waals surface area (Å²) < 4.78 is 5.20. The van der Waals surface area contributed by atoms with Crippen molar-refractivity contribution in [1.82, 2.24) is 0 Å². The van der Waals surface area contributed by atoms with Crippen molar-refractivity contribution in [1.29, 1.82) is 0 Å². The molecule has 1 aromatic carbocycles. The van der Waals surface area contributed by atoms with E-state index >= 15 is 0 Å². The Bertz CT molecular complexity index is 573. The monoisotopic (exact) mass is 297 g/mol. The number of hydrogen-bond acceptors (Lipinski definition) is 7. The van der Waals surface area contributed by atoms with Crippen LogP contribution in [0.5, 0.6) is 5.75 Å². The van der Waals surface area contributed by atoms with Gasteiger partial charge in [-0.25, -0.2) is 0 Å². The molecule has 10 heteroatoms. The fourth-order valence-electron chi connectivity index (χ4n) is 1.51. The fraction of sp³-hybridized carbons (Fsp3) is 0.364. The maximum Gasteiger partial charge on any atom is 0.349 e. The van der Waals surface area contributed by atoms with E-state index < -0.39 is 27.1 Å². The number of nitro groups is 2. The van der Waals surface area contributed by atoms with Crippen molar-refractivity contribution in [3.8, 4) is 5.75 Å². The van der Waals surface area contributed by atoms with E-state index in [0.29, 0.717) is 12.8 Å². The van der Waals surface area contributed by atoms with Crippen LogP contribution in [-0.4, -0.2) is 22.4 Å². The number of rotatable bonds is 8. The molecular weight excluding hydrogens is 286 g/mol. The van der Waals surface area contributed by atoms with Gasteiger partial charge in [-0.2, -0.15) is 0 Å². The smallest absolute Gasteiger partial charge is 0.349 e. The van der Waals surface area contributed by atoms with Gasteiger partial charge in [0, 0.05) is 17.7 Å². The molecule has 10 nitrogen and oxygen atoms in total. The molecule has 1 aromatic rings. The molecule has 0 aliphatic rings. The van der Waals surface area contributed by atoms with Crippen molar-refractivity contribution in [2.45, 2.75) is 19.3 Å². The first-order valence-corrected chi connectivity index (χ1v) is 5.87. The second-order valence-corrected chi connectivity index (χ2v) is 3.96. The minimum atomic E-state index is -0.862. The molecule has 0 spiro atoms. The zero-order valence-corrected chi connectivity index (χ0v) is 10.8. The number of nitroso groups, excluding NO2 is 1. The highest BCUT2D eigenvalue weighted by Gasteiger charge is 2.24. The van der Waals surface area contributed by atoms with E-state index in [1.54, 1.807) is 0 Å². The molecule has 21 heavy (non-hydrogen) atoms. The Hall–Kier alpha value is -2.91. The topological polar surface area (TPSA) is 142 Å². The van der Waals surface area contributed by atoms with Crippen LogP contribution in [0.25, 0.3) is 0 Å². The molecule has 0 aliphatic heterocycles. The highest BCUT2D eigenvalue weighted by atomic mass is 16.6. The highest BCUT2D eigenvalue weighted by molar-refractivity contribution is 5.76. The van der Waals surface area contributed by atoms with Gasteiger partial charge in [0.05, 0.1) is 22.5 Å². The number of nitro benzene ring substituents is 2. The van der Waals surface area contributed by atoms with Gasteiger partial charge in [-0.05, 0) is 18.9 Å². The summed E-state index contributed by atoms with van der Waals surface area (Å²) in [6.45, 7) is 0.154. The Balaban J connectivity index is 2.58. The minimum Gasteiger partial charge on any atom is -0.493 e. The second-order valence-electron chi connectivity index (χ2n) is 3.96. The zero-order valence-electron chi connectivity index (χ0n) is 10.8. The van der Waals surface area contributed by atoms with Gasteiger partial charge in [-0.15, -0.1) is 4.91 Å². The van der Waals surface area contributed by atoms with Gasteiger partial charge >= 0.3 is 11.4 Å².